The maximum absolute atomic E-state index is 11.1. The van der Waals surface area contributed by atoms with Gasteiger partial charge >= 0.3 is 11.9 Å². The zero-order chi connectivity index (χ0) is 11.5. The lowest BCUT2D eigenvalue weighted by Crippen LogP contribution is -2.43. The molecular weight excluding hydrogens is 198 g/mol. The molecule has 0 spiro atoms. The van der Waals surface area contributed by atoms with Gasteiger partial charge in [0, 0.05) is 12.4 Å². The highest BCUT2D eigenvalue weighted by Crippen LogP contribution is 2.28. The first-order valence-electron chi connectivity index (χ1n) is 4.43. The van der Waals surface area contributed by atoms with Crippen molar-refractivity contribution in [3.63, 3.8) is 0 Å². The van der Waals surface area contributed by atoms with Gasteiger partial charge in [0.15, 0.2) is 5.41 Å². The van der Waals surface area contributed by atoms with Crippen molar-refractivity contribution in [1.82, 2.24) is 4.98 Å². The molecule has 0 atom stereocenters. The predicted molar refractivity (Wildman–Crippen MR) is 51.5 cm³/mol. The quantitative estimate of drug-likeness (QED) is 0.719. The van der Waals surface area contributed by atoms with Gasteiger partial charge in [0.25, 0.3) is 0 Å². The lowest BCUT2D eigenvalue weighted by Gasteiger charge is -2.23. The van der Waals surface area contributed by atoms with Gasteiger partial charge in [0.05, 0.1) is 0 Å². The Morgan fingerprint density at radius 1 is 1.27 bits per heavy atom. The van der Waals surface area contributed by atoms with Crippen LogP contribution in [0, 0.1) is 0 Å². The van der Waals surface area contributed by atoms with Crippen LogP contribution in [-0.2, 0) is 15.0 Å². The molecule has 2 N–H and O–H groups in total. The second-order valence-corrected chi connectivity index (χ2v) is 3.11. The molecule has 0 unspecified atom stereocenters. The van der Waals surface area contributed by atoms with Crippen molar-refractivity contribution >= 4 is 11.9 Å². The van der Waals surface area contributed by atoms with Crippen LogP contribution in [0.25, 0.3) is 0 Å². The molecule has 0 saturated heterocycles. The van der Waals surface area contributed by atoms with Gasteiger partial charge in [-0.15, -0.1) is 0 Å². The van der Waals surface area contributed by atoms with Crippen molar-refractivity contribution < 1.29 is 19.8 Å². The summed E-state index contributed by atoms with van der Waals surface area (Å²) in [5.74, 6) is -2.72. The molecule has 0 fully saturated rings. The number of aliphatic carboxylic acids is 2. The van der Waals surface area contributed by atoms with E-state index in [1.54, 1.807) is 0 Å². The fourth-order valence-corrected chi connectivity index (χ4v) is 1.48. The van der Waals surface area contributed by atoms with Gasteiger partial charge in [-0.25, -0.2) is 0 Å². The Kier molecular flexibility index (Phi) is 3.04. The summed E-state index contributed by atoms with van der Waals surface area (Å²) < 4.78 is 0. The summed E-state index contributed by atoms with van der Waals surface area (Å²) >= 11 is 0. The summed E-state index contributed by atoms with van der Waals surface area (Å²) in [5, 5.41) is 18.1. The number of hydrogen-bond donors (Lipinski definition) is 2. The highest BCUT2D eigenvalue weighted by molar-refractivity contribution is 6.04. The number of carbonyl (C=O) groups is 2. The SMILES string of the molecule is CCC(C(=O)O)(C(=O)O)c1ccncc1. The first kappa shape index (κ1) is 11.2. The molecule has 0 saturated carbocycles. The van der Waals surface area contributed by atoms with Crippen molar-refractivity contribution in [3.05, 3.63) is 30.1 Å². The van der Waals surface area contributed by atoms with Crippen molar-refractivity contribution in [2.45, 2.75) is 18.8 Å². The van der Waals surface area contributed by atoms with Gasteiger partial charge < -0.3 is 10.2 Å². The standard InChI is InChI=1S/C10H11NO4/c1-2-10(8(12)13,9(14)15)7-3-5-11-6-4-7/h3-6H,2H2,1H3,(H,12,13)(H,14,15). The van der Waals surface area contributed by atoms with Gasteiger partial charge in [0.1, 0.15) is 0 Å². The third kappa shape index (κ3) is 1.68. The largest absolute Gasteiger partial charge is 0.480 e. The van der Waals surface area contributed by atoms with Crippen LogP contribution in [0.3, 0.4) is 0 Å². The van der Waals surface area contributed by atoms with Crippen LogP contribution in [0.1, 0.15) is 18.9 Å². The average molecular weight is 209 g/mol. The fourth-order valence-electron chi connectivity index (χ4n) is 1.48. The molecule has 1 rings (SSSR count). The van der Waals surface area contributed by atoms with Gasteiger partial charge in [-0.3, -0.25) is 14.6 Å². The van der Waals surface area contributed by atoms with E-state index in [4.69, 9.17) is 10.2 Å². The first-order valence-corrected chi connectivity index (χ1v) is 4.43. The van der Waals surface area contributed by atoms with Crippen LogP contribution in [-0.4, -0.2) is 27.1 Å². The van der Waals surface area contributed by atoms with Gasteiger partial charge in [-0.1, -0.05) is 6.92 Å². The van der Waals surface area contributed by atoms with Gasteiger partial charge in [0.2, 0.25) is 0 Å². The smallest absolute Gasteiger partial charge is 0.325 e. The summed E-state index contributed by atoms with van der Waals surface area (Å²) in [6, 6.07) is 2.82. The lowest BCUT2D eigenvalue weighted by molar-refractivity contribution is -0.157. The summed E-state index contributed by atoms with van der Waals surface area (Å²) in [4.78, 5) is 25.9. The minimum Gasteiger partial charge on any atom is -0.480 e. The molecule has 1 heterocycles. The van der Waals surface area contributed by atoms with E-state index in [-0.39, 0.29) is 12.0 Å². The molecule has 0 radical (unpaired) electrons. The number of aromatic nitrogens is 1. The number of carboxylic acids is 2. The minimum atomic E-state index is -1.87. The summed E-state index contributed by atoms with van der Waals surface area (Å²) in [7, 11) is 0. The zero-order valence-corrected chi connectivity index (χ0v) is 8.17. The first-order chi connectivity index (χ1) is 7.05. The van der Waals surface area contributed by atoms with Crippen molar-refractivity contribution in [3.8, 4) is 0 Å². The Labute approximate surface area is 86.4 Å². The summed E-state index contributed by atoms with van der Waals surface area (Å²) in [6.07, 6.45) is 2.75. The molecule has 0 amide bonds. The second kappa shape index (κ2) is 4.08. The Morgan fingerprint density at radius 3 is 2.07 bits per heavy atom. The van der Waals surface area contributed by atoms with E-state index in [0.29, 0.717) is 0 Å². The van der Waals surface area contributed by atoms with Crippen LogP contribution >= 0.6 is 0 Å². The van der Waals surface area contributed by atoms with E-state index in [9.17, 15) is 9.59 Å². The minimum absolute atomic E-state index is 0.0122. The normalized spacial score (nSPS) is 11.0. The number of hydrogen-bond acceptors (Lipinski definition) is 3. The van der Waals surface area contributed by atoms with E-state index >= 15 is 0 Å². The maximum Gasteiger partial charge on any atom is 0.325 e. The predicted octanol–water partition coefficient (Wildman–Crippen LogP) is 0.899. The van der Waals surface area contributed by atoms with Crippen LogP contribution in [0.15, 0.2) is 24.5 Å². The van der Waals surface area contributed by atoms with E-state index in [0.717, 1.165) is 0 Å². The molecule has 0 aromatic carbocycles. The molecule has 80 valence electrons. The molecule has 0 aliphatic carbocycles. The van der Waals surface area contributed by atoms with Crippen molar-refractivity contribution in [2.75, 3.05) is 0 Å². The maximum atomic E-state index is 11.1. The van der Waals surface area contributed by atoms with E-state index in [1.807, 2.05) is 0 Å². The second-order valence-electron chi connectivity index (χ2n) is 3.11. The molecule has 0 aliphatic rings. The molecule has 0 aliphatic heterocycles. The van der Waals surface area contributed by atoms with Crippen molar-refractivity contribution in [2.24, 2.45) is 0 Å². The van der Waals surface area contributed by atoms with Gasteiger partial charge in [-0.2, -0.15) is 0 Å². The topological polar surface area (TPSA) is 87.5 Å². The number of nitrogens with zero attached hydrogens (tertiary/aromatic N) is 1. The third-order valence-electron chi connectivity index (χ3n) is 2.43. The Balaban J connectivity index is 3.35. The highest BCUT2D eigenvalue weighted by Gasteiger charge is 2.46. The summed E-state index contributed by atoms with van der Waals surface area (Å²) in [5.41, 5.74) is -1.64. The zero-order valence-electron chi connectivity index (χ0n) is 8.17. The molecule has 1 aromatic rings. The van der Waals surface area contributed by atoms with E-state index < -0.39 is 17.4 Å². The molecule has 15 heavy (non-hydrogen) atoms. The van der Waals surface area contributed by atoms with Crippen molar-refractivity contribution in [1.29, 1.82) is 0 Å². The Hall–Kier alpha value is -1.91. The Bertz CT molecular complexity index is 360. The fraction of sp³-hybridized carbons (Fsp3) is 0.300. The van der Waals surface area contributed by atoms with E-state index in [1.165, 1.54) is 31.5 Å². The monoisotopic (exact) mass is 209 g/mol. The Morgan fingerprint density at radius 2 is 1.73 bits per heavy atom. The van der Waals surface area contributed by atoms with E-state index in [2.05, 4.69) is 4.98 Å². The van der Waals surface area contributed by atoms with Crippen LogP contribution in [0.5, 0.6) is 0 Å². The lowest BCUT2D eigenvalue weighted by atomic mass is 9.78. The van der Waals surface area contributed by atoms with Gasteiger partial charge in [-0.05, 0) is 24.1 Å². The molecule has 5 heteroatoms. The number of rotatable bonds is 4. The molecule has 0 bridgehead atoms. The summed E-state index contributed by atoms with van der Waals surface area (Å²) in [6.45, 7) is 1.53. The van der Waals surface area contributed by atoms with Crippen LogP contribution in [0.2, 0.25) is 0 Å². The number of carboxylic acid groups (broad SMARTS) is 2. The number of pyridine rings is 1. The van der Waals surface area contributed by atoms with Crippen LogP contribution < -0.4 is 0 Å². The molecular formula is C10H11NO4. The molecule has 5 nitrogen and oxygen atoms in total. The highest BCUT2D eigenvalue weighted by atomic mass is 16.4. The molecule has 1 aromatic heterocycles. The third-order valence-corrected chi connectivity index (χ3v) is 2.43. The average Bonchev–Trinajstić information content (AvgIpc) is 2.20. The van der Waals surface area contributed by atoms with Crippen LogP contribution in [0.4, 0.5) is 0 Å².